The summed E-state index contributed by atoms with van der Waals surface area (Å²) < 4.78 is 78.6. The van der Waals surface area contributed by atoms with E-state index in [2.05, 4.69) is 25.1 Å². The number of aliphatic hydroxyl groups is 2. The van der Waals surface area contributed by atoms with Crippen molar-refractivity contribution in [2.75, 3.05) is 44.7 Å². The lowest BCUT2D eigenvalue weighted by atomic mass is 9.94. The molecule has 46 heavy (non-hydrogen) atoms. The molecule has 4 N–H and O–H groups in total. The highest BCUT2D eigenvalue weighted by Crippen LogP contribution is 2.26. The Morgan fingerprint density at radius 3 is 1.72 bits per heavy atom. The summed E-state index contributed by atoms with van der Waals surface area (Å²) in [4.78, 5) is 26.7. The molecule has 256 valence electrons. The average Bonchev–Trinajstić information content (AvgIpc) is 3.00. The summed E-state index contributed by atoms with van der Waals surface area (Å²) in [5.41, 5.74) is 0.622. The number of rotatable bonds is 8. The number of ether oxygens (including phenoxy) is 2. The van der Waals surface area contributed by atoms with Crippen LogP contribution in [-0.2, 0) is 4.79 Å². The molecule has 0 aromatic heterocycles. The fraction of sp³-hybridized carbons (Fsp3) is 0.533. The molecule has 0 radical (unpaired) electrons. The number of carbonyl (C=O) groups excluding carboxylic acids is 2. The number of piperidine rings is 2. The quantitative estimate of drug-likeness (QED) is 0.152. The van der Waals surface area contributed by atoms with Crippen molar-refractivity contribution in [3.8, 4) is 11.5 Å². The molecule has 2 amide bonds. The van der Waals surface area contributed by atoms with Gasteiger partial charge in [-0.2, -0.15) is 4.99 Å². The molecule has 2 aliphatic rings. The maximum absolute atomic E-state index is 12.1. The molecule has 0 saturated carbocycles. The molecule has 0 unspecified atom stereocenters. The molecule has 2 aliphatic heterocycles. The third kappa shape index (κ3) is 16.5. The van der Waals surface area contributed by atoms with E-state index in [9.17, 15) is 35.9 Å². The predicted molar refractivity (Wildman–Crippen MR) is 156 cm³/mol. The van der Waals surface area contributed by atoms with Crippen molar-refractivity contribution >= 4 is 23.5 Å². The zero-order valence-electron chi connectivity index (χ0n) is 24.9. The molecular formula is C30H38F6N4O6. The highest BCUT2D eigenvalue weighted by atomic mass is 19.4. The van der Waals surface area contributed by atoms with Crippen LogP contribution in [0.3, 0.4) is 0 Å². The number of amides is 2. The number of likely N-dealkylation sites (tertiary alicyclic amines) is 1. The van der Waals surface area contributed by atoms with Gasteiger partial charge >= 0.3 is 18.8 Å². The number of nitrogens with zero attached hydrogens (tertiary/aromatic N) is 2. The number of alkyl halides is 6. The van der Waals surface area contributed by atoms with Gasteiger partial charge in [-0.15, -0.1) is 26.3 Å². The minimum atomic E-state index is -4.73. The fourth-order valence-electron chi connectivity index (χ4n) is 4.68. The van der Waals surface area contributed by atoms with E-state index in [1.807, 2.05) is 0 Å². The Labute approximate surface area is 262 Å². The van der Waals surface area contributed by atoms with Crippen LogP contribution in [0.2, 0.25) is 0 Å². The summed E-state index contributed by atoms with van der Waals surface area (Å²) in [6, 6.07) is 9.28. The summed E-state index contributed by atoms with van der Waals surface area (Å²) in [5.74, 6) is 0.529. The third-order valence-corrected chi connectivity index (χ3v) is 7.02. The van der Waals surface area contributed by atoms with Crippen molar-refractivity contribution in [1.29, 1.82) is 0 Å². The lowest BCUT2D eigenvalue weighted by molar-refractivity contribution is -0.275. The van der Waals surface area contributed by atoms with Crippen LogP contribution >= 0.6 is 0 Å². The van der Waals surface area contributed by atoms with E-state index in [-0.39, 0.29) is 29.8 Å². The molecule has 2 fully saturated rings. The number of urea groups is 1. The van der Waals surface area contributed by atoms with Gasteiger partial charge in [0.15, 0.2) is 0 Å². The topological polar surface area (TPSA) is 133 Å². The Morgan fingerprint density at radius 2 is 1.28 bits per heavy atom. The van der Waals surface area contributed by atoms with E-state index in [4.69, 9.17) is 10.2 Å². The lowest BCUT2D eigenvalue weighted by Gasteiger charge is -2.31. The molecule has 0 spiro atoms. The normalized spacial score (nSPS) is 15.7. The third-order valence-electron chi connectivity index (χ3n) is 7.02. The van der Waals surface area contributed by atoms with E-state index in [1.165, 1.54) is 43.2 Å². The smallest absolute Gasteiger partial charge is 0.406 e. The van der Waals surface area contributed by atoms with Gasteiger partial charge in [-0.1, -0.05) is 0 Å². The Bertz CT molecular complexity index is 1190. The second kappa shape index (κ2) is 19.6. The van der Waals surface area contributed by atoms with Crippen molar-refractivity contribution < 1.29 is 55.6 Å². The second-order valence-electron chi connectivity index (χ2n) is 10.4. The van der Waals surface area contributed by atoms with Gasteiger partial charge in [-0.05, 0) is 112 Å². The first kappa shape index (κ1) is 38.3. The number of anilines is 1. The largest absolute Gasteiger partial charge is 0.573 e. The van der Waals surface area contributed by atoms with E-state index in [0.29, 0.717) is 31.3 Å². The van der Waals surface area contributed by atoms with Crippen molar-refractivity contribution in [2.24, 2.45) is 16.8 Å². The zero-order valence-corrected chi connectivity index (χ0v) is 24.9. The molecular weight excluding hydrogens is 626 g/mol. The second-order valence-corrected chi connectivity index (χ2v) is 10.4. The van der Waals surface area contributed by atoms with E-state index >= 15 is 0 Å². The molecule has 10 nitrogen and oxygen atoms in total. The lowest BCUT2D eigenvalue weighted by Crippen LogP contribution is -2.41. The average molecular weight is 665 g/mol. The van der Waals surface area contributed by atoms with Crippen molar-refractivity contribution in [1.82, 2.24) is 10.2 Å². The number of hydrogen-bond acceptors (Lipinski definition) is 8. The van der Waals surface area contributed by atoms with Crippen LogP contribution in [0.4, 0.5) is 42.5 Å². The van der Waals surface area contributed by atoms with Gasteiger partial charge in [0.25, 0.3) is 0 Å². The first-order valence-electron chi connectivity index (χ1n) is 14.6. The Hall–Kier alpha value is -3.85. The number of hydrogen-bond donors (Lipinski definition) is 4. The van der Waals surface area contributed by atoms with Crippen LogP contribution in [0, 0.1) is 11.8 Å². The molecule has 4 rings (SSSR count). The standard InChI is InChI=1S/C15H19F3N2O3.C8H4F3NO2.C7H15NO/c16-15(17,18)23-13-3-1-12(2-4-13)19-14(22)20-8-5-11(6-9-20)7-10-21;9-8(10,11)14-7-3-1-6(2-4-7)12-5-13;9-6-3-7-1-4-8-5-2-7/h1-4,11,21H,5-10H2,(H,19,22);1-4H;7-9H,1-6H2. The van der Waals surface area contributed by atoms with Gasteiger partial charge in [0, 0.05) is 32.0 Å². The van der Waals surface area contributed by atoms with Crippen LogP contribution in [-0.4, -0.2) is 79.3 Å². The maximum atomic E-state index is 12.1. The number of aliphatic hydroxyl groups excluding tert-OH is 2. The fourth-order valence-corrected chi connectivity index (χ4v) is 4.68. The number of carbonyl (C=O) groups is 1. The molecule has 2 heterocycles. The molecule has 2 saturated heterocycles. The summed E-state index contributed by atoms with van der Waals surface area (Å²) >= 11 is 0. The highest BCUT2D eigenvalue weighted by molar-refractivity contribution is 5.89. The number of aliphatic imine (C=N–C) groups is 1. The summed E-state index contributed by atoms with van der Waals surface area (Å²) in [7, 11) is 0. The van der Waals surface area contributed by atoms with E-state index in [1.54, 1.807) is 4.90 Å². The Kier molecular flexibility index (Phi) is 16.3. The number of isocyanates is 1. The zero-order chi connectivity index (χ0) is 34.0. The summed E-state index contributed by atoms with van der Waals surface area (Å²) in [5, 5.41) is 23.4. The predicted octanol–water partition coefficient (Wildman–Crippen LogP) is 6.13. The minimum Gasteiger partial charge on any atom is -0.406 e. The van der Waals surface area contributed by atoms with Gasteiger partial charge in [-0.3, -0.25) is 0 Å². The maximum Gasteiger partial charge on any atom is 0.573 e. The molecule has 2 aromatic carbocycles. The molecule has 2 aromatic rings. The van der Waals surface area contributed by atoms with E-state index < -0.39 is 12.7 Å². The van der Waals surface area contributed by atoms with Gasteiger partial charge in [0.2, 0.25) is 6.08 Å². The van der Waals surface area contributed by atoms with Gasteiger partial charge < -0.3 is 35.2 Å². The summed E-state index contributed by atoms with van der Waals surface area (Å²) in [6.07, 6.45) is -2.25. The van der Waals surface area contributed by atoms with Crippen LogP contribution in [0.5, 0.6) is 11.5 Å². The monoisotopic (exact) mass is 664 g/mol. The van der Waals surface area contributed by atoms with Gasteiger partial charge in [0.05, 0.1) is 5.69 Å². The minimum absolute atomic E-state index is 0.156. The van der Waals surface area contributed by atoms with Crippen LogP contribution in [0.25, 0.3) is 0 Å². The van der Waals surface area contributed by atoms with Crippen LogP contribution < -0.4 is 20.1 Å². The number of halogens is 6. The molecule has 16 heteroatoms. The Balaban J connectivity index is 0.000000270. The van der Waals surface area contributed by atoms with Crippen LogP contribution in [0.1, 0.15) is 38.5 Å². The van der Waals surface area contributed by atoms with E-state index in [0.717, 1.165) is 69.0 Å². The highest BCUT2D eigenvalue weighted by Gasteiger charge is 2.31. The van der Waals surface area contributed by atoms with Crippen molar-refractivity contribution in [3.63, 3.8) is 0 Å². The van der Waals surface area contributed by atoms with Crippen molar-refractivity contribution in [2.45, 2.75) is 51.2 Å². The van der Waals surface area contributed by atoms with Crippen molar-refractivity contribution in [3.05, 3.63) is 48.5 Å². The first-order valence-corrected chi connectivity index (χ1v) is 14.6. The molecule has 0 atom stereocenters. The first-order chi connectivity index (χ1) is 21.8. The SMILES string of the molecule is O=C(Nc1ccc(OC(F)(F)F)cc1)N1CCC(CCO)CC1.O=C=Nc1ccc(OC(F)(F)F)cc1.OCCC1CCNCC1. The number of nitrogens with one attached hydrogen (secondary N) is 2. The van der Waals surface area contributed by atoms with Crippen LogP contribution in [0.15, 0.2) is 53.5 Å². The Morgan fingerprint density at radius 1 is 0.826 bits per heavy atom. The van der Waals surface area contributed by atoms with Gasteiger partial charge in [0.1, 0.15) is 11.5 Å². The number of benzene rings is 2. The molecule has 0 bridgehead atoms. The van der Waals surface area contributed by atoms with Gasteiger partial charge in [-0.25, -0.2) is 9.59 Å². The molecule has 0 aliphatic carbocycles. The summed E-state index contributed by atoms with van der Waals surface area (Å²) in [6.45, 7) is 4.01.